The summed E-state index contributed by atoms with van der Waals surface area (Å²) in [4.78, 5) is 25.3. The van der Waals surface area contributed by atoms with Crippen molar-refractivity contribution < 1.29 is 26.8 Å². The molecule has 0 bridgehead atoms. The van der Waals surface area contributed by atoms with E-state index in [-0.39, 0.29) is 47.9 Å². The highest BCUT2D eigenvalue weighted by molar-refractivity contribution is 8.00. The maximum atomic E-state index is 13.8. The second-order valence-electron chi connectivity index (χ2n) is 8.18. The summed E-state index contributed by atoms with van der Waals surface area (Å²) in [6.07, 6.45) is 4.81. The van der Waals surface area contributed by atoms with E-state index >= 15 is 0 Å². The van der Waals surface area contributed by atoms with Gasteiger partial charge in [0, 0.05) is 23.5 Å². The lowest BCUT2D eigenvalue weighted by atomic mass is 9.83. The normalized spacial score (nSPS) is 19.5. The monoisotopic (exact) mass is 475 g/mol. The van der Waals surface area contributed by atoms with Crippen molar-refractivity contribution in [3.05, 3.63) is 29.8 Å². The van der Waals surface area contributed by atoms with E-state index in [0.29, 0.717) is 6.42 Å². The van der Waals surface area contributed by atoms with E-state index < -0.39 is 32.3 Å². The van der Waals surface area contributed by atoms with Gasteiger partial charge >= 0.3 is 0 Å². The molecule has 2 saturated carbocycles. The lowest BCUT2D eigenvalue weighted by Gasteiger charge is -2.38. The predicted molar refractivity (Wildman–Crippen MR) is 114 cm³/mol. The fourth-order valence-corrected chi connectivity index (χ4v) is 6.10. The highest BCUT2D eigenvalue weighted by Gasteiger charge is 2.53. The zero-order valence-corrected chi connectivity index (χ0v) is 18.7. The van der Waals surface area contributed by atoms with Gasteiger partial charge in [-0.15, -0.1) is 11.8 Å². The van der Waals surface area contributed by atoms with Crippen LogP contribution in [-0.4, -0.2) is 43.3 Å². The molecular formula is C20H27F2N3O4S2. The van der Waals surface area contributed by atoms with Crippen LogP contribution in [-0.2, 0) is 19.6 Å². The van der Waals surface area contributed by atoms with Crippen molar-refractivity contribution in [1.82, 2.24) is 10.6 Å². The van der Waals surface area contributed by atoms with Crippen molar-refractivity contribution in [1.29, 1.82) is 0 Å². The summed E-state index contributed by atoms with van der Waals surface area (Å²) in [6.45, 7) is 0.0993. The average Bonchev–Trinajstić information content (AvgIpc) is 3.16. The Morgan fingerprint density at radius 2 is 1.87 bits per heavy atom. The molecule has 3 rings (SSSR count). The Labute approximate surface area is 185 Å². The second kappa shape index (κ2) is 9.83. The number of sulfonamides is 1. The van der Waals surface area contributed by atoms with Crippen LogP contribution in [0, 0.1) is 17.6 Å². The molecular weight excluding hydrogens is 448 g/mol. The zero-order valence-electron chi connectivity index (χ0n) is 17.0. The molecule has 31 heavy (non-hydrogen) atoms. The highest BCUT2D eigenvalue weighted by atomic mass is 32.2. The summed E-state index contributed by atoms with van der Waals surface area (Å²) >= 11 is 0.956. The number of benzene rings is 1. The molecule has 0 saturated heterocycles. The third-order valence-electron chi connectivity index (χ3n) is 6.17. The number of halogens is 2. The van der Waals surface area contributed by atoms with Gasteiger partial charge in [-0.2, -0.15) is 0 Å². The molecule has 0 aromatic heterocycles. The molecule has 0 aliphatic heterocycles. The number of primary sulfonamides is 1. The van der Waals surface area contributed by atoms with Gasteiger partial charge in [-0.1, -0.05) is 12.8 Å². The Bertz CT molecular complexity index is 932. The van der Waals surface area contributed by atoms with E-state index in [4.69, 9.17) is 5.14 Å². The van der Waals surface area contributed by atoms with Gasteiger partial charge in [-0.3, -0.25) is 9.59 Å². The molecule has 172 valence electrons. The third-order valence-corrected chi connectivity index (χ3v) is 8.90. The molecule has 1 unspecified atom stereocenters. The van der Waals surface area contributed by atoms with Crippen molar-refractivity contribution in [2.75, 3.05) is 12.3 Å². The number of hydrogen-bond acceptors (Lipinski definition) is 5. The molecule has 2 amide bonds. The molecule has 2 aliphatic rings. The third kappa shape index (κ3) is 5.56. The van der Waals surface area contributed by atoms with Crippen molar-refractivity contribution in [3.8, 4) is 0 Å². The molecule has 0 spiro atoms. The van der Waals surface area contributed by atoms with Crippen LogP contribution in [0.1, 0.15) is 44.9 Å². The van der Waals surface area contributed by atoms with Crippen LogP contribution in [0.15, 0.2) is 23.1 Å². The van der Waals surface area contributed by atoms with Gasteiger partial charge in [0.25, 0.3) is 0 Å². The molecule has 1 aromatic carbocycles. The quantitative estimate of drug-likeness (QED) is 0.473. The number of thioether (sulfide) groups is 1. The summed E-state index contributed by atoms with van der Waals surface area (Å²) in [5.41, 5.74) is 0. The molecule has 11 heteroatoms. The first kappa shape index (κ1) is 23.9. The van der Waals surface area contributed by atoms with Gasteiger partial charge in [0.15, 0.2) is 4.75 Å². The maximum Gasteiger partial charge on any atom is 0.242 e. The number of amides is 2. The van der Waals surface area contributed by atoms with Crippen LogP contribution in [0.3, 0.4) is 0 Å². The molecule has 2 fully saturated rings. The molecule has 1 atom stereocenters. The summed E-state index contributed by atoms with van der Waals surface area (Å²) in [6, 6.07) is 2.80. The van der Waals surface area contributed by atoms with Crippen molar-refractivity contribution >= 4 is 33.6 Å². The summed E-state index contributed by atoms with van der Waals surface area (Å²) < 4.78 is 49.0. The van der Waals surface area contributed by atoms with E-state index in [1.54, 1.807) is 0 Å². The Kier molecular flexibility index (Phi) is 7.59. The molecule has 4 N–H and O–H groups in total. The van der Waals surface area contributed by atoms with Crippen molar-refractivity contribution in [3.63, 3.8) is 0 Å². The van der Waals surface area contributed by atoms with Gasteiger partial charge in [0.2, 0.25) is 21.8 Å². The number of carbonyl (C=O) groups is 2. The van der Waals surface area contributed by atoms with Crippen LogP contribution in [0.4, 0.5) is 8.78 Å². The van der Waals surface area contributed by atoms with Crippen molar-refractivity contribution in [2.45, 2.75) is 60.6 Å². The number of rotatable bonds is 9. The van der Waals surface area contributed by atoms with Crippen molar-refractivity contribution in [2.24, 2.45) is 11.1 Å². The lowest BCUT2D eigenvalue weighted by molar-refractivity contribution is -0.126. The van der Waals surface area contributed by atoms with Gasteiger partial charge in [0.1, 0.15) is 11.6 Å². The number of nitrogens with one attached hydrogen (secondary N) is 2. The first-order valence-corrected chi connectivity index (χ1v) is 12.8. The molecule has 0 heterocycles. The Morgan fingerprint density at radius 3 is 2.42 bits per heavy atom. The van der Waals surface area contributed by atoms with E-state index in [1.807, 2.05) is 0 Å². The van der Waals surface area contributed by atoms with Gasteiger partial charge in [-0.05, 0) is 50.2 Å². The highest BCUT2D eigenvalue weighted by Crippen LogP contribution is 2.38. The van der Waals surface area contributed by atoms with E-state index in [9.17, 15) is 26.8 Å². The predicted octanol–water partition coefficient (Wildman–Crippen LogP) is 2.06. The number of carbonyl (C=O) groups excluding carboxylic acids is 2. The molecule has 2 aliphatic carbocycles. The standard InChI is InChI=1S/C20H27F2N3O4S2/c21-14-6-7-17(15(22)10-14)30-12-18(26)25-16(13-4-1-2-5-13)11-24-19(27)20(8-3-9-20)31(23,28)29/h6-7,10,13,16H,1-5,8-9,11-12H2,(H,24,27)(H,25,26)(H2,23,28,29). The van der Waals surface area contributed by atoms with E-state index in [2.05, 4.69) is 10.6 Å². The fraction of sp³-hybridized carbons (Fsp3) is 0.600. The van der Waals surface area contributed by atoms with E-state index in [1.165, 1.54) is 6.07 Å². The largest absolute Gasteiger partial charge is 0.353 e. The average molecular weight is 476 g/mol. The first-order chi connectivity index (χ1) is 14.6. The first-order valence-electron chi connectivity index (χ1n) is 10.3. The smallest absolute Gasteiger partial charge is 0.242 e. The topological polar surface area (TPSA) is 118 Å². The molecule has 0 radical (unpaired) electrons. The van der Waals surface area contributed by atoms with Gasteiger partial charge in [0.05, 0.1) is 5.75 Å². The summed E-state index contributed by atoms with van der Waals surface area (Å²) in [7, 11) is -4.03. The van der Waals surface area contributed by atoms with Gasteiger partial charge < -0.3 is 10.6 Å². The van der Waals surface area contributed by atoms with Crippen LogP contribution in [0.5, 0.6) is 0 Å². The second-order valence-corrected chi connectivity index (χ2v) is 11.1. The zero-order chi connectivity index (χ0) is 22.6. The minimum absolute atomic E-state index is 0.0686. The SMILES string of the molecule is NS(=O)(=O)C1(C(=O)NCC(NC(=O)CSc2ccc(F)cc2F)C2CCCC2)CCC1. The van der Waals surface area contributed by atoms with E-state index in [0.717, 1.165) is 49.6 Å². The van der Waals surface area contributed by atoms with Crippen LogP contribution >= 0.6 is 11.8 Å². The number of hydrogen-bond donors (Lipinski definition) is 3. The fourth-order valence-electron chi connectivity index (χ4n) is 4.18. The summed E-state index contributed by atoms with van der Waals surface area (Å²) in [5, 5.41) is 10.9. The minimum Gasteiger partial charge on any atom is -0.353 e. The Balaban J connectivity index is 1.59. The van der Waals surface area contributed by atoms with Crippen LogP contribution < -0.4 is 15.8 Å². The molecule has 7 nitrogen and oxygen atoms in total. The minimum atomic E-state index is -4.03. The number of nitrogens with two attached hydrogens (primary N) is 1. The maximum absolute atomic E-state index is 13.8. The van der Waals surface area contributed by atoms with Gasteiger partial charge in [-0.25, -0.2) is 22.3 Å². The van der Waals surface area contributed by atoms with Crippen LogP contribution in [0.2, 0.25) is 0 Å². The Hall–Kier alpha value is -1.72. The summed E-state index contributed by atoms with van der Waals surface area (Å²) in [5.74, 6) is -2.30. The Morgan fingerprint density at radius 1 is 1.19 bits per heavy atom. The lowest BCUT2D eigenvalue weighted by Crippen LogP contribution is -2.61. The van der Waals surface area contributed by atoms with Crippen LogP contribution in [0.25, 0.3) is 0 Å². The molecule has 1 aromatic rings.